The summed E-state index contributed by atoms with van der Waals surface area (Å²) in [7, 11) is 1.47. The quantitative estimate of drug-likeness (QED) is 0.888. The number of thiophene rings is 1. The molecule has 1 rings (SSSR count). The molecule has 1 aromatic rings. The van der Waals surface area contributed by atoms with E-state index in [0.29, 0.717) is 6.54 Å². The number of nitrogens with zero attached hydrogens (tertiary/aromatic N) is 1. The number of hydrogen-bond donors (Lipinski definition) is 2. The smallest absolute Gasteiger partial charge is 0.329 e. The van der Waals surface area contributed by atoms with Gasteiger partial charge in [-0.05, 0) is 41.2 Å². The number of carbonyl (C=O) groups is 2. The molecule has 0 spiro atoms. The number of carboxylic acids is 1. The number of urea groups is 1. The highest BCUT2D eigenvalue weighted by Crippen LogP contribution is 2.22. The van der Waals surface area contributed by atoms with Crippen molar-refractivity contribution < 1.29 is 14.7 Å². The molecular weight excluding hydrogens is 320 g/mol. The molecule has 0 bridgehead atoms. The van der Waals surface area contributed by atoms with Crippen molar-refractivity contribution in [1.29, 1.82) is 0 Å². The highest BCUT2D eigenvalue weighted by atomic mass is 79.9. The van der Waals surface area contributed by atoms with Crippen LogP contribution < -0.4 is 5.32 Å². The normalized spacial score (nSPS) is 11.1. The molecule has 0 unspecified atom stereocenters. The van der Waals surface area contributed by atoms with E-state index in [1.807, 2.05) is 11.4 Å². The van der Waals surface area contributed by atoms with E-state index in [4.69, 9.17) is 5.11 Å². The number of carboxylic acid groups (broad SMARTS) is 1. The van der Waals surface area contributed by atoms with E-state index < -0.39 is 17.5 Å². The zero-order valence-corrected chi connectivity index (χ0v) is 12.8. The van der Waals surface area contributed by atoms with Gasteiger partial charge in [-0.1, -0.05) is 0 Å². The van der Waals surface area contributed by atoms with Crippen molar-refractivity contribution in [2.75, 3.05) is 7.05 Å². The molecule has 0 aliphatic carbocycles. The number of amides is 2. The van der Waals surface area contributed by atoms with Crippen LogP contribution in [-0.4, -0.2) is 34.6 Å². The molecular formula is C11H15BrN2O3S. The standard InChI is InChI=1S/C11H15BrN2O3S/c1-11(2,9(15)16)14(3)10(17)13-6-8-7(12)4-5-18-8/h4-5H,6H2,1-3H3,(H,13,17)(H,15,16). The molecule has 0 aromatic carbocycles. The number of carbonyl (C=O) groups excluding carboxylic acids is 1. The van der Waals surface area contributed by atoms with Crippen LogP contribution in [0, 0.1) is 0 Å². The minimum Gasteiger partial charge on any atom is -0.480 e. The number of aliphatic carboxylic acids is 1. The number of likely N-dealkylation sites (N-methyl/N-ethyl adjacent to an activating group) is 1. The van der Waals surface area contributed by atoms with E-state index in [-0.39, 0.29) is 0 Å². The van der Waals surface area contributed by atoms with Gasteiger partial charge in [-0.15, -0.1) is 11.3 Å². The topological polar surface area (TPSA) is 69.6 Å². The first kappa shape index (κ1) is 15.0. The molecule has 1 heterocycles. The van der Waals surface area contributed by atoms with Crippen molar-refractivity contribution in [1.82, 2.24) is 10.2 Å². The molecule has 0 aliphatic rings. The predicted molar refractivity (Wildman–Crippen MR) is 73.7 cm³/mol. The molecule has 100 valence electrons. The fourth-order valence-electron chi connectivity index (χ4n) is 1.12. The maximum Gasteiger partial charge on any atom is 0.329 e. The van der Waals surface area contributed by atoms with Gasteiger partial charge in [-0.2, -0.15) is 0 Å². The van der Waals surface area contributed by atoms with E-state index in [2.05, 4.69) is 21.2 Å². The Morgan fingerprint density at radius 1 is 1.56 bits per heavy atom. The summed E-state index contributed by atoms with van der Waals surface area (Å²) in [5.74, 6) is -1.04. The van der Waals surface area contributed by atoms with E-state index in [1.165, 1.54) is 37.1 Å². The Kier molecular flexibility index (Phi) is 4.75. The Labute approximate surface area is 118 Å². The molecule has 0 fully saturated rings. The molecule has 0 radical (unpaired) electrons. The molecule has 2 amide bonds. The molecule has 7 heteroatoms. The van der Waals surface area contributed by atoms with Gasteiger partial charge >= 0.3 is 12.0 Å². The van der Waals surface area contributed by atoms with Gasteiger partial charge in [0, 0.05) is 16.4 Å². The van der Waals surface area contributed by atoms with Crippen molar-refractivity contribution in [2.24, 2.45) is 0 Å². The van der Waals surface area contributed by atoms with Gasteiger partial charge in [0.1, 0.15) is 5.54 Å². The number of rotatable bonds is 4. The van der Waals surface area contributed by atoms with Gasteiger partial charge in [0.15, 0.2) is 0 Å². The van der Waals surface area contributed by atoms with Gasteiger partial charge in [0.2, 0.25) is 0 Å². The molecule has 0 saturated heterocycles. The van der Waals surface area contributed by atoms with Crippen LogP contribution in [0.1, 0.15) is 18.7 Å². The molecule has 5 nitrogen and oxygen atoms in total. The predicted octanol–water partition coefficient (Wildman–Crippen LogP) is 2.52. The first-order valence-electron chi connectivity index (χ1n) is 5.23. The zero-order chi connectivity index (χ0) is 13.9. The van der Waals surface area contributed by atoms with E-state index in [9.17, 15) is 9.59 Å². The summed E-state index contributed by atoms with van der Waals surface area (Å²) in [6.45, 7) is 3.34. The maximum atomic E-state index is 11.8. The average molecular weight is 335 g/mol. The fraction of sp³-hybridized carbons (Fsp3) is 0.455. The van der Waals surface area contributed by atoms with Crippen molar-refractivity contribution in [2.45, 2.75) is 25.9 Å². The highest BCUT2D eigenvalue weighted by Gasteiger charge is 2.35. The summed E-state index contributed by atoms with van der Waals surface area (Å²) in [4.78, 5) is 25.0. The van der Waals surface area contributed by atoms with Gasteiger partial charge in [0.25, 0.3) is 0 Å². The third-order valence-electron chi connectivity index (χ3n) is 2.76. The summed E-state index contributed by atoms with van der Waals surface area (Å²) in [5.41, 5.74) is -1.24. The minimum atomic E-state index is -1.24. The van der Waals surface area contributed by atoms with Gasteiger partial charge in [-0.3, -0.25) is 0 Å². The lowest BCUT2D eigenvalue weighted by atomic mass is 10.1. The van der Waals surface area contributed by atoms with Crippen LogP contribution >= 0.6 is 27.3 Å². The first-order valence-corrected chi connectivity index (χ1v) is 6.91. The van der Waals surface area contributed by atoms with Crippen LogP contribution in [0.25, 0.3) is 0 Å². The van der Waals surface area contributed by atoms with E-state index in [1.54, 1.807) is 0 Å². The average Bonchev–Trinajstić information content (AvgIpc) is 2.70. The third kappa shape index (κ3) is 3.23. The Morgan fingerprint density at radius 2 is 2.17 bits per heavy atom. The summed E-state index contributed by atoms with van der Waals surface area (Å²) in [6.07, 6.45) is 0. The second kappa shape index (κ2) is 5.71. The highest BCUT2D eigenvalue weighted by molar-refractivity contribution is 9.10. The van der Waals surface area contributed by atoms with Crippen molar-refractivity contribution in [3.8, 4) is 0 Å². The fourth-order valence-corrected chi connectivity index (χ4v) is 2.56. The van der Waals surface area contributed by atoms with E-state index in [0.717, 1.165) is 9.35 Å². The van der Waals surface area contributed by atoms with Crippen LogP contribution in [-0.2, 0) is 11.3 Å². The molecule has 1 aromatic heterocycles. The van der Waals surface area contributed by atoms with Crippen LogP contribution in [0.3, 0.4) is 0 Å². The van der Waals surface area contributed by atoms with Crippen LogP contribution in [0.15, 0.2) is 15.9 Å². The van der Waals surface area contributed by atoms with Crippen LogP contribution in [0.5, 0.6) is 0 Å². The van der Waals surface area contributed by atoms with Gasteiger partial charge < -0.3 is 15.3 Å². The number of hydrogen-bond acceptors (Lipinski definition) is 3. The zero-order valence-electron chi connectivity index (χ0n) is 10.4. The lowest BCUT2D eigenvalue weighted by Gasteiger charge is -2.31. The maximum absolute atomic E-state index is 11.8. The summed E-state index contributed by atoms with van der Waals surface area (Å²) in [6, 6.07) is 1.49. The second-order valence-electron chi connectivity index (χ2n) is 4.27. The van der Waals surface area contributed by atoms with E-state index >= 15 is 0 Å². The van der Waals surface area contributed by atoms with Gasteiger partial charge in [-0.25, -0.2) is 9.59 Å². The third-order valence-corrected chi connectivity index (χ3v) is 4.68. The number of halogens is 1. The van der Waals surface area contributed by atoms with Crippen LogP contribution in [0.2, 0.25) is 0 Å². The van der Waals surface area contributed by atoms with Crippen LogP contribution in [0.4, 0.5) is 4.79 Å². The SMILES string of the molecule is CN(C(=O)NCc1sccc1Br)C(C)(C)C(=O)O. The molecule has 0 aliphatic heterocycles. The lowest BCUT2D eigenvalue weighted by Crippen LogP contribution is -2.53. The van der Waals surface area contributed by atoms with Gasteiger partial charge in [0.05, 0.1) is 6.54 Å². The Morgan fingerprint density at radius 3 is 2.61 bits per heavy atom. The molecule has 0 saturated carbocycles. The minimum absolute atomic E-state index is 0.372. The van der Waals surface area contributed by atoms with Crippen molar-refractivity contribution >= 4 is 39.3 Å². The summed E-state index contributed by atoms with van der Waals surface area (Å²) >= 11 is 4.89. The molecule has 18 heavy (non-hydrogen) atoms. The monoisotopic (exact) mass is 334 g/mol. The second-order valence-corrected chi connectivity index (χ2v) is 6.13. The number of nitrogens with one attached hydrogen (secondary N) is 1. The Balaban J connectivity index is 2.61. The summed E-state index contributed by atoms with van der Waals surface area (Å²) in [5, 5.41) is 13.6. The molecule has 2 N–H and O–H groups in total. The molecule has 0 atom stereocenters. The van der Waals surface area contributed by atoms with Crippen molar-refractivity contribution in [3.63, 3.8) is 0 Å². The largest absolute Gasteiger partial charge is 0.480 e. The Hall–Kier alpha value is -1.08. The van der Waals surface area contributed by atoms with Crippen molar-refractivity contribution in [3.05, 3.63) is 20.8 Å². The summed E-state index contributed by atoms with van der Waals surface area (Å²) < 4.78 is 0.938. The first-order chi connectivity index (χ1) is 8.26. The lowest BCUT2D eigenvalue weighted by molar-refractivity contribution is -0.146. The Bertz CT molecular complexity index is 459.